The number of hydrogen-bond acceptors (Lipinski definition) is 0. The van der Waals surface area contributed by atoms with Gasteiger partial charge in [-0.05, 0) is 38.0 Å². The number of rotatable bonds is 2. The summed E-state index contributed by atoms with van der Waals surface area (Å²) < 4.78 is 0. The Balaban J connectivity index is 1.85. The minimum atomic E-state index is 0.975. The molecule has 0 radical (unpaired) electrons. The summed E-state index contributed by atoms with van der Waals surface area (Å²) in [6.45, 7) is 4.51. The molecule has 0 N–H and O–H groups in total. The monoisotopic (exact) mass is 192 g/mol. The third-order valence-corrected chi connectivity index (χ3v) is 4.39. The molecule has 0 spiro atoms. The van der Waals surface area contributed by atoms with Crippen LogP contribution in [-0.2, 0) is 0 Å². The normalized spacial score (nSPS) is 35.4. The molecule has 2 saturated carbocycles. The van der Waals surface area contributed by atoms with Crippen molar-refractivity contribution in [1.29, 1.82) is 0 Å². The fourth-order valence-corrected chi connectivity index (χ4v) is 3.21. The molecule has 0 aromatic heterocycles. The van der Waals surface area contributed by atoms with Gasteiger partial charge in [-0.25, -0.2) is 0 Å². The number of hydrogen-bond donors (Lipinski definition) is 0. The average Bonchev–Trinajstić information content (AvgIpc) is 2.99. The first-order chi connectivity index (χ1) is 6.83. The molecule has 2 rings (SSSR count). The highest BCUT2D eigenvalue weighted by Crippen LogP contribution is 2.52. The minimum Gasteiger partial charge on any atom is -0.0884 e. The Hall–Kier alpha value is -0.260. The smallest absolute Gasteiger partial charge is 0.0172 e. The maximum Gasteiger partial charge on any atom is -0.0172 e. The van der Waals surface area contributed by atoms with Gasteiger partial charge in [-0.3, -0.25) is 0 Å². The summed E-state index contributed by atoms with van der Waals surface area (Å²) in [7, 11) is 0. The van der Waals surface area contributed by atoms with E-state index in [0.29, 0.717) is 0 Å². The summed E-state index contributed by atoms with van der Waals surface area (Å²) in [5.74, 6) is 3.13. The van der Waals surface area contributed by atoms with Crippen LogP contribution in [0.3, 0.4) is 0 Å². The van der Waals surface area contributed by atoms with Crippen LogP contribution < -0.4 is 0 Å². The lowest BCUT2D eigenvalue weighted by Gasteiger charge is -2.13. The molecule has 0 bridgehead atoms. The Kier molecular flexibility index (Phi) is 3.30. The maximum absolute atomic E-state index is 2.32. The highest BCUT2D eigenvalue weighted by Gasteiger charge is 2.42. The second-order valence-electron chi connectivity index (χ2n) is 5.29. The van der Waals surface area contributed by atoms with E-state index in [0.717, 1.165) is 17.8 Å². The minimum absolute atomic E-state index is 0.975. The molecule has 0 aromatic rings. The van der Waals surface area contributed by atoms with Crippen LogP contribution in [0.2, 0.25) is 0 Å². The first-order valence-corrected chi connectivity index (χ1v) is 6.45. The maximum atomic E-state index is 2.32. The third-order valence-electron chi connectivity index (χ3n) is 4.39. The van der Waals surface area contributed by atoms with E-state index in [1.807, 2.05) is 0 Å². The van der Waals surface area contributed by atoms with Gasteiger partial charge in [0.05, 0.1) is 0 Å². The summed E-state index contributed by atoms with van der Waals surface area (Å²) in [5, 5.41) is 0. The lowest BCUT2D eigenvalue weighted by molar-refractivity contribution is 0.393. The summed E-state index contributed by atoms with van der Waals surface area (Å²) in [6.07, 6.45) is 12.9. The average molecular weight is 192 g/mol. The molecule has 2 atom stereocenters. The molecule has 80 valence electrons. The van der Waals surface area contributed by atoms with Crippen LogP contribution in [-0.4, -0.2) is 0 Å². The molecular formula is C14H24. The predicted octanol–water partition coefficient (Wildman–Crippen LogP) is 4.56. The van der Waals surface area contributed by atoms with Crippen molar-refractivity contribution in [2.24, 2.45) is 17.8 Å². The van der Waals surface area contributed by atoms with Gasteiger partial charge in [-0.1, -0.05) is 50.2 Å². The molecule has 14 heavy (non-hydrogen) atoms. The van der Waals surface area contributed by atoms with E-state index >= 15 is 0 Å². The van der Waals surface area contributed by atoms with Crippen LogP contribution in [0.25, 0.3) is 0 Å². The molecule has 0 aliphatic heterocycles. The van der Waals surface area contributed by atoms with Gasteiger partial charge in [0.2, 0.25) is 0 Å². The van der Waals surface area contributed by atoms with Crippen LogP contribution in [0.5, 0.6) is 0 Å². The van der Waals surface area contributed by atoms with Crippen LogP contribution >= 0.6 is 0 Å². The van der Waals surface area contributed by atoms with Crippen LogP contribution in [0, 0.1) is 17.8 Å². The van der Waals surface area contributed by atoms with Crippen molar-refractivity contribution in [3.63, 3.8) is 0 Å². The SMILES string of the molecule is CC=C(C)C1CC1C1CCCCCC1. The first-order valence-electron chi connectivity index (χ1n) is 6.45. The fourth-order valence-electron chi connectivity index (χ4n) is 3.21. The Labute approximate surface area is 88.8 Å². The molecule has 0 saturated heterocycles. The molecule has 2 fully saturated rings. The summed E-state index contributed by atoms with van der Waals surface area (Å²) in [4.78, 5) is 0. The number of allylic oxidation sites excluding steroid dienone is 2. The Morgan fingerprint density at radius 2 is 1.71 bits per heavy atom. The zero-order valence-corrected chi connectivity index (χ0v) is 9.76. The molecule has 0 heteroatoms. The molecule has 0 nitrogen and oxygen atoms in total. The van der Waals surface area contributed by atoms with Crippen molar-refractivity contribution in [3.8, 4) is 0 Å². The van der Waals surface area contributed by atoms with E-state index in [9.17, 15) is 0 Å². The Morgan fingerprint density at radius 3 is 2.29 bits per heavy atom. The molecule has 0 heterocycles. The third kappa shape index (κ3) is 2.21. The van der Waals surface area contributed by atoms with Gasteiger partial charge in [0, 0.05) is 0 Å². The van der Waals surface area contributed by atoms with Crippen LogP contribution in [0.1, 0.15) is 58.8 Å². The van der Waals surface area contributed by atoms with Crippen LogP contribution in [0.15, 0.2) is 11.6 Å². The van der Waals surface area contributed by atoms with Crippen molar-refractivity contribution >= 4 is 0 Å². The highest BCUT2D eigenvalue weighted by atomic mass is 14.5. The zero-order valence-electron chi connectivity index (χ0n) is 9.76. The van der Waals surface area contributed by atoms with E-state index in [-0.39, 0.29) is 0 Å². The second kappa shape index (κ2) is 4.51. The quantitative estimate of drug-likeness (QED) is 0.444. The molecule has 2 unspecified atom stereocenters. The van der Waals surface area contributed by atoms with Gasteiger partial charge in [0.1, 0.15) is 0 Å². The standard InChI is InChI=1S/C14H24/c1-3-11(2)13-10-14(13)12-8-6-4-5-7-9-12/h3,12-14H,4-10H2,1-2H3. The van der Waals surface area contributed by atoms with Gasteiger partial charge < -0.3 is 0 Å². The van der Waals surface area contributed by atoms with Crippen molar-refractivity contribution in [2.75, 3.05) is 0 Å². The van der Waals surface area contributed by atoms with E-state index in [4.69, 9.17) is 0 Å². The van der Waals surface area contributed by atoms with E-state index < -0.39 is 0 Å². The van der Waals surface area contributed by atoms with Crippen molar-refractivity contribution in [2.45, 2.75) is 58.8 Å². The molecule has 2 aliphatic carbocycles. The van der Waals surface area contributed by atoms with Gasteiger partial charge >= 0.3 is 0 Å². The molecule has 0 amide bonds. The van der Waals surface area contributed by atoms with E-state index in [2.05, 4.69) is 19.9 Å². The fraction of sp³-hybridized carbons (Fsp3) is 0.857. The molecule has 0 aromatic carbocycles. The first kappa shape index (κ1) is 10.3. The largest absolute Gasteiger partial charge is 0.0884 e. The zero-order chi connectivity index (χ0) is 9.97. The predicted molar refractivity (Wildman–Crippen MR) is 62.2 cm³/mol. The summed E-state index contributed by atoms with van der Waals surface area (Å²) in [6, 6.07) is 0. The molecular weight excluding hydrogens is 168 g/mol. The topological polar surface area (TPSA) is 0 Å². The highest BCUT2D eigenvalue weighted by molar-refractivity contribution is 5.13. The van der Waals surface area contributed by atoms with Crippen molar-refractivity contribution in [3.05, 3.63) is 11.6 Å². The van der Waals surface area contributed by atoms with Gasteiger partial charge in [0.15, 0.2) is 0 Å². The lowest BCUT2D eigenvalue weighted by atomic mass is 9.92. The van der Waals surface area contributed by atoms with Gasteiger partial charge in [-0.15, -0.1) is 0 Å². The van der Waals surface area contributed by atoms with Gasteiger partial charge in [-0.2, -0.15) is 0 Å². The van der Waals surface area contributed by atoms with Crippen molar-refractivity contribution < 1.29 is 0 Å². The second-order valence-corrected chi connectivity index (χ2v) is 5.29. The van der Waals surface area contributed by atoms with E-state index in [1.54, 1.807) is 5.57 Å². The van der Waals surface area contributed by atoms with Crippen molar-refractivity contribution in [1.82, 2.24) is 0 Å². The Morgan fingerprint density at radius 1 is 1.07 bits per heavy atom. The summed E-state index contributed by atoms with van der Waals surface area (Å²) >= 11 is 0. The summed E-state index contributed by atoms with van der Waals surface area (Å²) in [5.41, 5.74) is 1.65. The lowest BCUT2D eigenvalue weighted by Crippen LogP contribution is -2.03. The Bertz CT molecular complexity index is 206. The van der Waals surface area contributed by atoms with E-state index in [1.165, 1.54) is 44.9 Å². The van der Waals surface area contributed by atoms with Gasteiger partial charge in [0.25, 0.3) is 0 Å². The molecule has 2 aliphatic rings. The van der Waals surface area contributed by atoms with Crippen LogP contribution in [0.4, 0.5) is 0 Å².